The lowest BCUT2D eigenvalue weighted by molar-refractivity contribution is -0.163. The number of hydrogen-bond donors (Lipinski definition) is 2. The number of Topliss-reactive ketones (excluding diaryl/α,β-unsaturated/α-hetero) is 1. The molecule has 2 unspecified atom stereocenters. The number of aliphatic hydroxyl groups is 1. The van der Waals surface area contributed by atoms with Gasteiger partial charge in [0.05, 0.1) is 6.10 Å². The Morgan fingerprint density at radius 1 is 1.00 bits per heavy atom. The normalized spacial score (nSPS) is 15.6. The Kier molecular flexibility index (Phi) is 9.47. The Labute approximate surface area is 122 Å². The van der Waals surface area contributed by atoms with Gasteiger partial charge in [-0.05, 0) is 19.8 Å². The zero-order valence-corrected chi connectivity index (χ0v) is 13.2. The molecule has 0 fully saturated rings. The van der Waals surface area contributed by atoms with Crippen molar-refractivity contribution < 1.29 is 19.8 Å². The van der Waals surface area contributed by atoms with Crippen molar-refractivity contribution in [2.45, 2.75) is 84.7 Å². The van der Waals surface area contributed by atoms with Gasteiger partial charge < -0.3 is 10.2 Å². The van der Waals surface area contributed by atoms with Crippen LogP contribution >= 0.6 is 0 Å². The molecule has 4 nitrogen and oxygen atoms in total. The molecule has 20 heavy (non-hydrogen) atoms. The number of carboxylic acids is 1. The number of aliphatic hydroxyl groups excluding tert-OH is 1. The number of ketones is 1. The molecular formula is C16H30O4. The van der Waals surface area contributed by atoms with Gasteiger partial charge in [-0.1, -0.05) is 58.8 Å². The fourth-order valence-electron chi connectivity index (χ4n) is 2.62. The molecule has 0 aliphatic rings. The lowest BCUT2D eigenvalue weighted by atomic mass is 9.73. The van der Waals surface area contributed by atoms with E-state index in [2.05, 4.69) is 6.92 Å². The number of carboxylic acid groups (broad SMARTS) is 1. The van der Waals surface area contributed by atoms with E-state index in [0.717, 1.165) is 38.5 Å². The van der Waals surface area contributed by atoms with Crippen molar-refractivity contribution >= 4 is 11.8 Å². The summed E-state index contributed by atoms with van der Waals surface area (Å²) in [6, 6.07) is 0. The minimum absolute atomic E-state index is 0.226. The Bertz CT molecular complexity index is 285. The smallest absolute Gasteiger partial charge is 0.319 e. The second kappa shape index (κ2) is 9.92. The van der Waals surface area contributed by atoms with E-state index in [-0.39, 0.29) is 6.42 Å². The number of carbonyl (C=O) groups excluding carboxylic acids is 1. The second-order valence-electron chi connectivity index (χ2n) is 5.65. The molecule has 0 saturated carbocycles. The average molecular weight is 286 g/mol. The van der Waals surface area contributed by atoms with Crippen LogP contribution in [0.2, 0.25) is 0 Å². The molecule has 0 amide bonds. The maximum absolute atomic E-state index is 11.8. The summed E-state index contributed by atoms with van der Waals surface area (Å²) in [6.07, 6.45) is 6.13. The van der Waals surface area contributed by atoms with Crippen molar-refractivity contribution in [3.63, 3.8) is 0 Å². The molecule has 2 N–H and O–H groups in total. The van der Waals surface area contributed by atoms with Crippen molar-refractivity contribution in [3.05, 3.63) is 0 Å². The Balaban J connectivity index is 4.66. The Morgan fingerprint density at radius 3 is 2.00 bits per heavy atom. The Morgan fingerprint density at radius 2 is 1.55 bits per heavy atom. The molecule has 0 aromatic carbocycles. The molecule has 0 saturated heterocycles. The van der Waals surface area contributed by atoms with Gasteiger partial charge in [-0.3, -0.25) is 9.59 Å². The van der Waals surface area contributed by atoms with Crippen LogP contribution in [0.15, 0.2) is 0 Å². The molecule has 0 radical (unpaired) electrons. The topological polar surface area (TPSA) is 74.6 Å². The van der Waals surface area contributed by atoms with Gasteiger partial charge in [0, 0.05) is 0 Å². The van der Waals surface area contributed by atoms with Crippen LogP contribution in [0.25, 0.3) is 0 Å². The Hall–Kier alpha value is -0.900. The third-order valence-electron chi connectivity index (χ3n) is 4.08. The summed E-state index contributed by atoms with van der Waals surface area (Å²) in [5.41, 5.74) is -1.61. The standard InChI is InChI=1S/C16H30O4/c1-4-6-8-9-10-11-14(18)16(13(3)17,15(19)20)12-7-5-2/h14,18H,4-12H2,1-3H3,(H,19,20). The van der Waals surface area contributed by atoms with E-state index < -0.39 is 23.3 Å². The largest absolute Gasteiger partial charge is 0.480 e. The lowest BCUT2D eigenvalue weighted by Gasteiger charge is -2.31. The van der Waals surface area contributed by atoms with Gasteiger partial charge in [-0.15, -0.1) is 0 Å². The van der Waals surface area contributed by atoms with Gasteiger partial charge in [0.1, 0.15) is 5.78 Å². The van der Waals surface area contributed by atoms with Crippen LogP contribution in [0.5, 0.6) is 0 Å². The first-order valence-corrected chi connectivity index (χ1v) is 7.85. The fraction of sp³-hybridized carbons (Fsp3) is 0.875. The monoisotopic (exact) mass is 286 g/mol. The van der Waals surface area contributed by atoms with Gasteiger partial charge in [0.15, 0.2) is 5.41 Å². The van der Waals surface area contributed by atoms with Crippen LogP contribution in [-0.4, -0.2) is 28.1 Å². The highest BCUT2D eigenvalue weighted by Gasteiger charge is 2.48. The molecule has 0 spiro atoms. The molecular weight excluding hydrogens is 256 g/mol. The van der Waals surface area contributed by atoms with E-state index in [4.69, 9.17) is 0 Å². The minimum atomic E-state index is -1.61. The van der Waals surface area contributed by atoms with Crippen LogP contribution in [0.3, 0.4) is 0 Å². The molecule has 0 aromatic heterocycles. The van der Waals surface area contributed by atoms with Gasteiger partial charge in [-0.2, -0.15) is 0 Å². The highest BCUT2D eigenvalue weighted by molar-refractivity contribution is 6.02. The third-order valence-corrected chi connectivity index (χ3v) is 4.08. The van der Waals surface area contributed by atoms with E-state index in [1.54, 1.807) is 0 Å². The molecule has 0 heterocycles. The van der Waals surface area contributed by atoms with Crippen molar-refractivity contribution in [2.75, 3.05) is 0 Å². The maximum atomic E-state index is 11.8. The fourth-order valence-corrected chi connectivity index (χ4v) is 2.62. The van der Waals surface area contributed by atoms with Crippen LogP contribution < -0.4 is 0 Å². The van der Waals surface area contributed by atoms with Gasteiger partial charge >= 0.3 is 5.97 Å². The van der Waals surface area contributed by atoms with E-state index in [1.807, 2.05) is 6.92 Å². The maximum Gasteiger partial charge on any atom is 0.319 e. The van der Waals surface area contributed by atoms with E-state index in [9.17, 15) is 19.8 Å². The van der Waals surface area contributed by atoms with Crippen molar-refractivity contribution in [1.82, 2.24) is 0 Å². The SMILES string of the molecule is CCCCCCCC(O)C(CCCC)(C(C)=O)C(=O)O. The van der Waals surface area contributed by atoms with Gasteiger partial charge in [0.25, 0.3) is 0 Å². The number of rotatable bonds is 12. The first-order chi connectivity index (χ1) is 9.43. The van der Waals surface area contributed by atoms with Crippen LogP contribution in [-0.2, 0) is 9.59 Å². The number of carbonyl (C=O) groups is 2. The lowest BCUT2D eigenvalue weighted by Crippen LogP contribution is -2.48. The molecule has 0 aliphatic heterocycles. The zero-order valence-electron chi connectivity index (χ0n) is 13.2. The molecule has 0 aromatic rings. The van der Waals surface area contributed by atoms with Crippen LogP contribution in [0.1, 0.15) is 78.6 Å². The predicted molar refractivity (Wildman–Crippen MR) is 79.7 cm³/mol. The third kappa shape index (κ3) is 5.23. The van der Waals surface area contributed by atoms with Crippen molar-refractivity contribution in [2.24, 2.45) is 5.41 Å². The predicted octanol–water partition coefficient (Wildman–Crippen LogP) is 3.56. The van der Waals surface area contributed by atoms with Crippen molar-refractivity contribution in [3.8, 4) is 0 Å². The van der Waals surface area contributed by atoms with Crippen LogP contribution in [0, 0.1) is 5.41 Å². The summed E-state index contributed by atoms with van der Waals surface area (Å²) < 4.78 is 0. The first-order valence-electron chi connectivity index (χ1n) is 7.85. The molecule has 4 heteroatoms. The average Bonchev–Trinajstić information content (AvgIpc) is 2.38. The highest BCUT2D eigenvalue weighted by Crippen LogP contribution is 2.33. The molecule has 0 rings (SSSR count). The molecule has 118 valence electrons. The summed E-state index contributed by atoms with van der Waals surface area (Å²) in [4.78, 5) is 23.4. The van der Waals surface area contributed by atoms with Gasteiger partial charge in [-0.25, -0.2) is 0 Å². The molecule has 2 atom stereocenters. The zero-order chi connectivity index (χ0) is 15.6. The quantitative estimate of drug-likeness (QED) is 0.425. The summed E-state index contributed by atoms with van der Waals surface area (Å²) >= 11 is 0. The number of hydrogen-bond acceptors (Lipinski definition) is 3. The van der Waals surface area contributed by atoms with Gasteiger partial charge in [0.2, 0.25) is 0 Å². The molecule has 0 aliphatic carbocycles. The van der Waals surface area contributed by atoms with Crippen LogP contribution in [0.4, 0.5) is 0 Å². The van der Waals surface area contributed by atoms with E-state index >= 15 is 0 Å². The van der Waals surface area contributed by atoms with E-state index in [0.29, 0.717) is 12.8 Å². The summed E-state index contributed by atoms with van der Waals surface area (Å²) in [5, 5.41) is 19.7. The van der Waals surface area contributed by atoms with E-state index in [1.165, 1.54) is 6.92 Å². The minimum Gasteiger partial charge on any atom is -0.480 e. The second-order valence-corrected chi connectivity index (χ2v) is 5.65. The number of unbranched alkanes of at least 4 members (excludes halogenated alkanes) is 5. The van der Waals surface area contributed by atoms with Crippen molar-refractivity contribution in [1.29, 1.82) is 0 Å². The number of aliphatic carboxylic acids is 1. The highest BCUT2D eigenvalue weighted by atomic mass is 16.4. The summed E-state index contributed by atoms with van der Waals surface area (Å²) in [5.74, 6) is -1.61. The molecule has 0 bridgehead atoms. The first kappa shape index (κ1) is 19.1. The summed E-state index contributed by atoms with van der Waals surface area (Å²) in [6.45, 7) is 5.36. The summed E-state index contributed by atoms with van der Waals surface area (Å²) in [7, 11) is 0.